The molecule has 1 fully saturated rings. The molecule has 0 spiro atoms. The highest BCUT2D eigenvalue weighted by Gasteiger charge is 2.34. The third-order valence-corrected chi connectivity index (χ3v) is 3.79. The molecular formula is C13H21N5O2. The van der Waals surface area contributed by atoms with Crippen molar-refractivity contribution in [3.8, 4) is 0 Å². The van der Waals surface area contributed by atoms with E-state index in [-0.39, 0.29) is 10.6 Å². The monoisotopic (exact) mass is 279 g/mol. The zero-order chi connectivity index (χ0) is 14.9. The zero-order valence-electron chi connectivity index (χ0n) is 12.4. The molecule has 0 saturated carbocycles. The van der Waals surface area contributed by atoms with Crippen LogP contribution in [0.2, 0.25) is 0 Å². The first-order chi connectivity index (χ1) is 9.45. The molecule has 0 bridgehead atoms. The van der Waals surface area contributed by atoms with E-state index in [0.717, 1.165) is 19.4 Å². The van der Waals surface area contributed by atoms with Gasteiger partial charge in [0, 0.05) is 19.6 Å². The summed E-state index contributed by atoms with van der Waals surface area (Å²) in [5, 5.41) is 14.2. The second-order valence-corrected chi connectivity index (χ2v) is 5.46. The Morgan fingerprint density at radius 1 is 1.45 bits per heavy atom. The van der Waals surface area contributed by atoms with E-state index in [0.29, 0.717) is 29.4 Å². The minimum atomic E-state index is -0.375. The van der Waals surface area contributed by atoms with E-state index >= 15 is 0 Å². The summed E-state index contributed by atoms with van der Waals surface area (Å²) in [6, 6.07) is 0.299. The van der Waals surface area contributed by atoms with Crippen LogP contribution >= 0.6 is 0 Å². The molecule has 1 N–H and O–H groups in total. The maximum absolute atomic E-state index is 11.4. The first kappa shape index (κ1) is 14.5. The van der Waals surface area contributed by atoms with Crippen molar-refractivity contribution < 1.29 is 4.92 Å². The van der Waals surface area contributed by atoms with E-state index in [4.69, 9.17) is 0 Å². The highest BCUT2D eigenvalue weighted by Crippen LogP contribution is 2.36. The van der Waals surface area contributed by atoms with Gasteiger partial charge in [-0.2, -0.15) is 4.98 Å². The van der Waals surface area contributed by atoms with Crippen molar-refractivity contribution in [2.75, 3.05) is 23.8 Å². The molecule has 7 nitrogen and oxygen atoms in total. The van der Waals surface area contributed by atoms with Gasteiger partial charge in [0.1, 0.15) is 5.69 Å². The second kappa shape index (κ2) is 5.60. The summed E-state index contributed by atoms with van der Waals surface area (Å²) in [6.45, 7) is 6.75. The number of anilines is 2. The Balaban J connectivity index is 2.53. The minimum absolute atomic E-state index is 0.0246. The van der Waals surface area contributed by atoms with Gasteiger partial charge in [0.15, 0.2) is 0 Å². The Bertz CT molecular complexity index is 518. The van der Waals surface area contributed by atoms with Crippen LogP contribution in [0.15, 0.2) is 0 Å². The quantitative estimate of drug-likeness (QED) is 0.672. The molecular weight excluding hydrogens is 258 g/mol. The largest absolute Gasteiger partial charge is 0.357 e. The van der Waals surface area contributed by atoms with Gasteiger partial charge < -0.3 is 10.2 Å². The van der Waals surface area contributed by atoms with Gasteiger partial charge in [-0.1, -0.05) is 13.8 Å². The fraction of sp³-hybridized carbons (Fsp3) is 0.692. The average molecular weight is 279 g/mol. The minimum Gasteiger partial charge on any atom is -0.357 e. The zero-order valence-corrected chi connectivity index (χ0v) is 12.4. The van der Waals surface area contributed by atoms with Gasteiger partial charge in [-0.15, -0.1) is 0 Å². The molecule has 110 valence electrons. The normalized spacial score (nSPS) is 18.6. The summed E-state index contributed by atoms with van der Waals surface area (Å²) in [6.07, 6.45) is 2.09. The first-order valence-electron chi connectivity index (χ1n) is 6.93. The average Bonchev–Trinajstić information content (AvgIpc) is 2.86. The van der Waals surface area contributed by atoms with Crippen molar-refractivity contribution in [3.63, 3.8) is 0 Å². The number of aromatic nitrogens is 2. The van der Waals surface area contributed by atoms with E-state index in [1.165, 1.54) is 0 Å². The number of nitro groups is 1. The van der Waals surface area contributed by atoms with Gasteiger partial charge in [0.25, 0.3) is 0 Å². The SMILES string of the molecule is CNc1nc(C)c([N+](=O)[O-])c(N2CCCC2C(C)C)n1. The molecule has 1 atom stereocenters. The molecule has 0 aromatic carbocycles. The predicted octanol–water partition coefficient (Wildman–Crippen LogP) is 2.36. The Hall–Kier alpha value is -1.92. The van der Waals surface area contributed by atoms with Crippen LogP contribution in [0.1, 0.15) is 32.4 Å². The lowest BCUT2D eigenvalue weighted by atomic mass is 10.0. The number of hydrogen-bond acceptors (Lipinski definition) is 6. The van der Waals surface area contributed by atoms with Crippen LogP contribution in [-0.2, 0) is 0 Å². The molecule has 0 radical (unpaired) electrons. The van der Waals surface area contributed by atoms with Crippen LogP contribution in [0.25, 0.3) is 0 Å². The molecule has 1 aliphatic heterocycles. The van der Waals surface area contributed by atoms with E-state index in [2.05, 4.69) is 34.0 Å². The molecule has 1 aromatic heterocycles. The second-order valence-electron chi connectivity index (χ2n) is 5.46. The van der Waals surface area contributed by atoms with Gasteiger partial charge in [0.2, 0.25) is 11.8 Å². The molecule has 0 amide bonds. The Morgan fingerprint density at radius 2 is 2.15 bits per heavy atom. The van der Waals surface area contributed by atoms with Crippen molar-refractivity contribution in [2.24, 2.45) is 5.92 Å². The van der Waals surface area contributed by atoms with E-state index in [1.54, 1.807) is 14.0 Å². The van der Waals surface area contributed by atoms with Crippen molar-refractivity contribution in [1.82, 2.24) is 9.97 Å². The molecule has 1 aliphatic rings. The number of nitrogens with zero attached hydrogens (tertiary/aromatic N) is 4. The predicted molar refractivity (Wildman–Crippen MR) is 78.2 cm³/mol. The molecule has 2 heterocycles. The standard InChI is InChI=1S/C13H21N5O2/c1-8(2)10-6-5-7-17(10)12-11(18(19)20)9(3)15-13(14-4)16-12/h8,10H,5-7H2,1-4H3,(H,14,15,16). The topological polar surface area (TPSA) is 84.2 Å². The Morgan fingerprint density at radius 3 is 2.70 bits per heavy atom. The van der Waals surface area contributed by atoms with Crippen LogP contribution in [0, 0.1) is 23.0 Å². The van der Waals surface area contributed by atoms with E-state index in [9.17, 15) is 10.1 Å². The van der Waals surface area contributed by atoms with Crippen molar-refractivity contribution in [3.05, 3.63) is 15.8 Å². The molecule has 7 heteroatoms. The van der Waals surface area contributed by atoms with Crippen LogP contribution in [0.4, 0.5) is 17.5 Å². The highest BCUT2D eigenvalue weighted by atomic mass is 16.6. The Labute approximate surface area is 118 Å². The highest BCUT2D eigenvalue weighted by molar-refractivity contribution is 5.63. The van der Waals surface area contributed by atoms with Gasteiger partial charge in [-0.3, -0.25) is 10.1 Å². The van der Waals surface area contributed by atoms with Gasteiger partial charge in [0.05, 0.1) is 4.92 Å². The Kier molecular flexibility index (Phi) is 4.06. The molecule has 1 aromatic rings. The lowest BCUT2D eigenvalue weighted by molar-refractivity contribution is -0.385. The number of hydrogen-bond donors (Lipinski definition) is 1. The van der Waals surface area contributed by atoms with Gasteiger partial charge in [-0.05, 0) is 25.7 Å². The summed E-state index contributed by atoms with van der Waals surface area (Å²) in [5.41, 5.74) is 0.426. The maximum atomic E-state index is 11.4. The molecule has 1 unspecified atom stereocenters. The third kappa shape index (κ3) is 2.52. The lowest BCUT2D eigenvalue weighted by Gasteiger charge is -2.28. The summed E-state index contributed by atoms with van der Waals surface area (Å²) < 4.78 is 0. The van der Waals surface area contributed by atoms with Crippen molar-refractivity contribution >= 4 is 17.5 Å². The van der Waals surface area contributed by atoms with Crippen LogP contribution in [0.5, 0.6) is 0 Å². The van der Waals surface area contributed by atoms with Crippen LogP contribution < -0.4 is 10.2 Å². The maximum Gasteiger partial charge on any atom is 0.332 e. The number of aryl methyl sites for hydroxylation is 1. The first-order valence-corrected chi connectivity index (χ1v) is 6.93. The van der Waals surface area contributed by atoms with E-state index in [1.807, 2.05) is 0 Å². The third-order valence-electron chi connectivity index (χ3n) is 3.79. The fourth-order valence-corrected chi connectivity index (χ4v) is 2.83. The smallest absolute Gasteiger partial charge is 0.332 e. The van der Waals surface area contributed by atoms with Crippen LogP contribution in [0.3, 0.4) is 0 Å². The fourth-order valence-electron chi connectivity index (χ4n) is 2.83. The van der Waals surface area contributed by atoms with Crippen molar-refractivity contribution in [2.45, 2.75) is 39.7 Å². The summed E-state index contributed by atoms with van der Waals surface area (Å²) in [5.74, 6) is 1.31. The van der Waals surface area contributed by atoms with Crippen molar-refractivity contribution in [1.29, 1.82) is 0 Å². The number of rotatable bonds is 4. The summed E-state index contributed by atoms with van der Waals surface area (Å²) >= 11 is 0. The molecule has 0 aliphatic carbocycles. The molecule has 20 heavy (non-hydrogen) atoms. The summed E-state index contributed by atoms with van der Waals surface area (Å²) in [7, 11) is 1.72. The number of nitrogens with one attached hydrogen (secondary N) is 1. The van der Waals surface area contributed by atoms with Crippen LogP contribution in [-0.4, -0.2) is 34.5 Å². The lowest BCUT2D eigenvalue weighted by Crippen LogP contribution is -2.34. The summed E-state index contributed by atoms with van der Waals surface area (Å²) in [4.78, 5) is 21.5. The van der Waals surface area contributed by atoms with Gasteiger partial charge >= 0.3 is 5.69 Å². The van der Waals surface area contributed by atoms with Gasteiger partial charge in [-0.25, -0.2) is 4.98 Å². The molecule has 1 saturated heterocycles. The van der Waals surface area contributed by atoms with E-state index < -0.39 is 0 Å². The molecule has 2 rings (SSSR count).